The van der Waals surface area contributed by atoms with Crippen LogP contribution in [0.15, 0.2) is 0 Å². The Morgan fingerprint density at radius 1 is 0.826 bits per heavy atom. The number of hydrogen-bond acceptors (Lipinski definition) is 1. The van der Waals surface area contributed by atoms with Crippen molar-refractivity contribution in [3.63, 3.8) is 0 Å². The van der Waals surface area contributed by atoms with Crippen LogP contribution in [0.2, 0.25) is 0 Å². The number of ketones is 1. The fourth-order valence-electron chi connectivity index (χ4n) is 8.28. The largest absolute Gasteiger partial charge is 0.299 e. The Morgan fingerprint density at radius 2 is 1.61 bits per heavy atom. The van der Waals surface area contributed by atoms with Gasteiger partial charge in [-0.15, -0.1) is 0 Å². The first-order valence-electron chi connectivity index (χ1n) is 10.6. The molecule has 0 aromatic carbocycles. The Balaban J connectivity index is 1.53. The molecule has 0 spiro atoms. The molecule has 23 heavy (non-hydrogen) atoms. The van der Waals surface area contributed by atoms with Crippen LogP contribution in [0.4, 0.5) is 0 Å². The van der Waals surface area contributed by atoms with Crippen molar-refractivity contribution >= 4 is 5.78 Å². The van der Waals surface area contributed by atoms with Crippen LogP contribution in [0.25, 0.3) is 0 Å². The maximum absolute atomic E-state index is 12.6. The average molecular weight is 315 g/mol. The van der Waals surface area contributed by atoms with E-state index in [1.54, 1.807) is 0 Å². The number of Topliss-reactive ketones (excluding diaryl/α,β-unsaturated/α-hetero) is 1. The molecule has 1 heteroatoms. The third kappa shape index (κ3) is 1.94. The molecule has 0 bridgehead atoms. The topological polar surface area (TPSA) is 17.1 Å². The predicted molar refractivity (Wildman–Crippen MR) is 92.9 cm³/mol. The molecule has 5 fully saturated rings. The fourth-order valence-corrected chi connectivity index (χ4v) is 8.28. The SMILES string of the molecule is C[C@]12CCCCC1C(C1CC1)C[C@@H]1[C@H]2CC[C@]2(C)C(=O)CC[C@@H]12. The molecule has 128 valence electrons. The molecule has 0 N–H and O–H groups in total. The molecule has 0 amide bonds. The molecule has 0 heterocycles. The second-order valence-corrected chi connectivity index (χ2v) is 10.4. The number of carbonyl (C=O) groups is 1. The number of rotatable bonds is 1. The third-order valence-electron chi connectivity index (χ3n) is 9.61. The summed E-state index contributed by atoms with van der Waals surface area (Å²) in [4.78, 5) is 12.6. The quantitative estimate of drug-likeness (QED) is 0.613. The zero-order valence-electron chi connectivity index (χ0n) is 15.2. The molecule has 5 aliphatic carbocycles. The van der Waals surface area contributed by atoms with Gasteiger partial charge in [0.25, 0.3) is 0 Å². The molecule has 7 atom stereocenters. The molecule has 5 saturated carbocycles. The van der Waals surface area contributed by atoms with E-state index in [2.05, 4.69) is 13.8 Å². The van der Waals surface area contributed by atoms with Crippen molar-refractivity contribution in [3.05, 3.63) is 0 Å². The Morgan fingerprint density at radius 3 is 2.39 bits per heavy atom. The summed E-state index contributed by atoms with van der Waals surface area (Å²) in [6.07, 6.45) is 15.1. The van der Waals surface area contributed by atoms with Crippen LogP contribution in [0.3, 0.4) is 0 Å². The lowest BCUT2D eigenvalue weighted by molar-refractivity contribution is -0.148. The second-order valence-electron chi connectivity index (χ2n) is 10.4. The summed E-state index contributed by atoms with van der Waals surface area (Å²) in [5.41, 5.74) is 0.675. The van der Waals surface area contributed by atoms with Crippen molar-refractivity contribution in [1.82, 2.24) is 0 Å². The zero-order chi connectivity index (χ0) is 15.8. The van der Waals surface area contributed by atoms with Gasteiger partial charge in [0.05, 0.1) is 0 Å². The van der Waals surface area contributed by atoms with E-state index in [-0.39, 0.29) is 5.41 Å². The van der Waals surface area contributed by atoms with E-state index in [9.17, 15) is 4.79 Å². The molecule has 0 radical (unpaired) electrons. The predicted octanol–water partition coefficient (Wildman–Crippen LogP) is 5.62. The van der Waals surface area contributed by atoms with Gasteiger partial charge in [-0.1, -0.05) is 26.7 Å². The van der Waals surface area contributed by atoms with E-state index in [1.165, 1.54) is 64.2 Å². The highest BCUT2D eigenvalue weighted by atomic mass is 16.1. The van der Waals surface area contributed by atoms with Crippen LogP contribution in [0.1, 0.15) is 84.5 Å². The molecule has 1 nitrogen and oxygen atoms in total. The number of carbonyl (C=O) groups excluding carboxylic acids is 1. The van der Waals surface area contributed by atoms with Crippen molar-refractivity contribution < 1.29 is 4.79 Å². The Labute approximate surface area is 142 Å². The molecule has 0 saturated heterocycles. The van der Waals surface area contributed by atoms with Crippen molar-refractivity contribution in [2.24, 2.45) is 46.3 Å². The molecular formula is C22H34O. The van der Waals surface area contributed by atoms with E-state index in [0.717, 1.165) is 41.9 Å². The standard InChI is InChI=1S/C22H34O/c1-21-11-4-3-5-17(21)15(14-6-7-14)13-16-18-8-9-20(23)22(18,2)12-10-19(16)21/h14-19H,3-13H2,1-2H3/t15?,16-,17?,18-,19+,21-,22-/m0/s1. The van der Waals surface area contributed by atoms with Gasteiger partial charge < -0.3 is 0 Å². The number of hydrogen-bond donors (Lipinski definition) is 0. The molecule has 0 aromatic heterocycles. The van der Waals surface area contributed by atoms with Gasteiger partial charge in [0.2, 0.25) is 0 Å². The lowest BCUT2D eigenvalue weighted by Gasteiger charge is -2.62. The molecule has 0 aliphatic heterocycles. The van der Waals surface area contributed by atoms with E-state index < -0.39 is 0 Å². The highest BCUT2D eigenvalue weighted by Gasteiger charge is 2.62. The van der Waals surface area contributed by atoms with Gasteiger partial charge in [-0.25, -0.2) is 0 Å². The van der Waals surface area contributed by atoms with Crippen LogP contribution in [-0.4, -0.2) is 5.78 Å². The molecule has 5 rings (SSSR count). The van der Waals surface area contributed by atoms with E-state index in [0.29, 0.717) is 11.2 Å². The number of fused-ring (bicyclic) bond motifs is 5. The Kier molecular flexibility index (Phi) is 3.16. The van der Waals surface area contributed by atoms with Gasteiger partial charge in [0, 0.05) is 11.8 Å². The Hall–Kier alpha value is -0.330. The van der Waals surface area contributed by atoms with Crippen molar-refractivity contribution in [1.29, 1.82) is 0 Å². The van der Waals surface area contributed by atoms with Gasteiger partial charge >= 0.3 is 0 Å². The summed E-state index contributed by atoms with van der Waals surface area (Å²) in [6, 6.07) is 0. The van der Waals surface area contributed by atoms with Crippen molar-refractivity contribution in [2.45, 2.75) is 84.5 Å². The minimum absolute atomic E-state index is 0.0626. The van der Waals surface area contributed by atoms with Crippen molar-refractivity contribution in [2.75, 3.05) is 0 Å². The normalized spacial score (nSPS) is 55.9. The lowest BCUT2D eigenvalue weighted by Crippen LogP contribution is -2.55. The van der Waals surface area contributed by atoms with Crippen LogP contribution in [0.5, 0.6) is 0 Å². The maximum atomic E-state index is 12.6. The van der Waals surface area contributed by atoms with E-state index in [1.807, 2.05) is 0 Å². The zero-order valence-corrected chi connectivity index (χ0v) is 15.2. The molecular weight excluding hydrogens is 280 g/mol. The fraction of sp³-hybridized carbons (Fsp3) is 0.955. The van der Waals surface area contributed by atoms with Gasteiger partial charge in [-0.3, -0.25) is 4.79 Å². The van der Waals surface area contributed by atoms with Crippen LogP contribution < -0.4 is 0 Å². The maximum Gasteiger partial charge on any atom is 0.139 e. The van der Waals surface area contributed by atoms with Crippen LogP contribution in [0, 0.1) is 46.3 Å². The first kappa shape index (κ1) is 15.0. The third-order valence-corrected chi connectivity index (χ3v) is 9.61. The van der Waals surface area contributed by atoms with E-state index >= 15 is 0 Å². The van der Waals surface area contributed by atoms with Gasteiger partial charge in [0.15, 0.2) is 0 Å². The Bertz CT molecular complexity index is 520. The average Bonchev–Trinajstić information content (AvgIpc) is 3.32. The summed E-state index contributed by atoms with van der Waals surface area (Å²) in [5.74, 6) is 6.25. The van der Waals surface area contributed by atoms with Crippen molar-refractivity contribution in [3.8, 4) is 0 Å². The minimum atomic E-state index is 0.0626. The monoisotopic (exact) mass is 314 g/mol. The first-order chi connectivity index (χ1) is 11.0. The highest BCUT2D eigenvalue weighted by Crippen LogP contribution is 2.68. The van der Waals surface area contributed by atoms with Gasteiger partial charge in [-0.2, -0.15) is 0 Å². The van der Waals surface area contributed by atoms with Gasteiger partial charge in [-0.05, 0) is 92.3 Å². The van der Waals surface area contributed by atoms with Crippen LogP contribution >= 0.6 is 0 Å². The summed E-state index contributed by atoms with van der Waals surface area (Å²) >= 11 is 0. The lowest BCUT2D eigenvalue weighted by atomic mass is 9.43. The summed E-state index contributed by atoms with van der Waals surface area (Å²) in [6.45, 7) is 5.02. The first-order valence-corrected chi connectivity index (χ1v) is 10.6. The second kappa shape index (κ2) is 4.85. The van der Waals surface area contributed by atoms with E-state index in [4.69, 9.17) is 0 Å². The molecule has 5 aliphatic rings. The summed E-state index contributed by atoms with van der Waals surface area (Å²) in [7, 11) is 0. The van der Waals surface area contributed by atoms with Gasteiger partial charge in [0.1, 0.15) is 5.78 Å². The molecule has 0 aromatic rings. The minimum Gasteiger partial charge on any atom is -0.299 e. The summed E-state index contributed by atoms with van der Waals surface area (Å²) < 4.78 is 0. The highest BCUT2D eigenvalue weighted by molar-refractivity contribution is 5.87. The molecule has 2 unspecified atom stereocenters. The summed E-state index contributed by atoms with van der Waals surface area (Å²) in [5, 5.41) is 0. The smallest absolute Gasteiger partial charge is 0.139 e. The van der Waals surface area contributed by atoms with Crippen LogP contribution in [-0.2, 0) is 4.79 Å².